The first-order valence-corrected chi connectivity index (χ1v) is 9.09. The topological polar surface area (TPSA) is 85.2 Å². The minimum Gasteiger partial charge on any atom is -0.507 e. The SMILES string of the molecule is COc1cc(O)c(C=O)c2c1C[C@@H](c1ccc(O)c3c1OC(C)(C)C=C3)CO2. The van der Waals surface area contributed by atoms with E-state index in [0.29, 0.717) is 42.1 Å². The molecule has 2 aliphatic rings. The first-order valence-electron chi connectivity index (χ1n) is 9.09. The van der Waals surface area contributed by atoms with Crippen LogP contribution in [-0.2, 0) is 6.42 Å². The molecule has 1 atom stereocenters. The molecule has 2 N–H and O–H groups in total. The lowest BCUT2D eigenvalue weighted by Crippen LogP contribution is -2.29. The zero-order chi connectivity index (χ0) is 20.1. The number of fused-ring (bicyclic) bond motifs is 2. The monoisotopic (exact) mass is 382 g/mol. The van der Waals surface area contributed by atoms with Crippen LogP contribution in [0.3, 0.4) is 0 Å². The summed E-state index contributed by atoms with van der Waals surface area (Å²) in [6, 6.07) is 4.93. The summed E-state index contributed by atoms with van der Waals surface area (Å²) in [5.74, 6) is 1.39. The van der Waals surface area contributed by atoms with Crippen molar-refractivity contribution in [3.05, 3.63) is 46.5 Å². The van der Waals surface area contributed by atoms with E-state index in [9.17, 15) is 15.0 Å². The maximum absolute atomic E-state index is 11.4. The van der Waals surface area contributed by atoms with Crippen LogP contribution in [0.15, 0.2) is 24.3 Å². The highest BCUT2D eigenvalue weighted by Gasteiger charge is 2.33. The molecular formula is C22H22O6. The summed E-state index contributed by atoms with van der Waals surface area (Å²) in [6.07, 6.45) is 4.92. The van der Waals surface area contributed by atoms with E-state index in [4.69, 9.17) is 14.2 Å². The van der Waals surface area contributed by atoms with Gasteiger partial charge in [-0.25, -0.2) is 0 Å². The molecule has 146 valence electrons. The summed E-state index contributed by atoms with van der Waals surface area (Å²) in [5, 5.41) is 20.3. The molecule has 0 bridgehead atoms. The quantitative estimate of drug-likeness (QED) is 0.785. The van der Waals surface area contributed by atoms with Crippen LogP contribution < -0.4 is 14.2 Å². The van der Waals surface area contributed by atoms with E-state index in [1.54, 1.807) is 6.07 Å². The second-order valence-corrected chi connectivity index (χ2v) is 7.60. The highest BCUT2D eigenvalue weighted by molar-refractivity contribution is 5.86. The highest BCUT2D eigenvalue weighted by atomic mass is 16.5. The minimum absolute atomic E-state index is 0.0675. The number of benzene rings is 2. The lowest BCUT2D eigenvalue weighted by molar-refractivity contribution is 0.111. The number of carbonyl (C=O) groups excluding carboxylic acids is 1. The average Bonchev–Trinajstić information content (AvgIpc) is 2.66. The zero-order valence-electron chi connectivity index (χ0n) is 16.0. The van der Waals surface area contributed by atoms with E-state index in [-0.39, 0.29) is 23.0 Å². The van der Waals surface area contributed by atoms with E-state index in [0.717, 1.165) is 11.1 Å². The van der Waals surface area contributed by atoms with Crippen molar-refractivity contribution in [3.8, 4) is 28.7 Å². The number of hydrogen-bond donors (Lipinski definition) is 2. The van der Waals surface area contributed by atoms with Gasteiger partial charge < -0.3 is 24.4 Å². The van der Waals surface area contributed by atoms with Gasteiger partial charge >= 0.3 is 0 Å². The molecule has 0 amide bonds. The smallest absolute Gasteiger partial charge is 0.157 e. The van der Waals surface area contributed by atoms with E-state index >= 15 is 0 Å². The predicted molar refractivity (Wildman–Crippen MR) is 104 cm³/mol. The molecule has 0 saturated carbocycles. The summed E-state index contributed by atoms with van der Waals surface area (Å²) >= 11 is 0. The lowest BCUT2D eigenvalue weighted by atomic mass is 9.86. The highest BCUT2D eigenvalue weighted by Crippen LogP contribution is 2.47. The average molecular weight is 382 g/mol. The predicted octanol–water partition coefficient (Wildman–Crippen LogP) is 3.82. The normalized spacial score (nSPS) is 19.0. The van der Waals surface area contributed by atoms with Gasteiger partial charge in [0.25, 0.3) is 0 Å². The molecule has 2 aliphatic heterocycles. The fourth-order valence-corrected chi connectivity index (χ4v) is 3.81. The van der Waals surface area contributed by atoms with Gasteiger partial charge in [0.1, 0.15) is 34.3 Å². The van der Waals surface area contributed by atoms with E-state index in [1.807, 2.05) is 32.1 Å². The van der Waals surface area contributed by atoms with Gasteiger partial charge in [0.2, 0.25) is 0 Å². The first kappa shape index (κ1) is 18.2. The van der Waals surface area contributed by atoms with Crippen LogP contribution in [0, 0.1) is 0 Å². The Balaban J connectivity index is 1.80. The number of hydrogen-bond acceptors (Lipinski definition) is 6. The molecule has 0 unspecified atom stereocenters. The zero-order valence-corrected chi connectivity index (χ0v) is 16.0. The Morgan fingerprint density at radius 3 is 2.71 bits per heavy atom. The van der Waals surface area contributed by atoms with Crippen molar-refractivity contribution >= 4 is 12.4 Å². The molecule has 0 fully saturated rings. The number of carbonyl (C=O) groups is 1. The summed E-state index contributed by atoms with van der Waals surface area (Å²) < 4.78 is 17.5. The molecular weight excluding hydrogens is 360 g/mol. The molecule has 4 rings (SSSR count). The number of aromatic hydroxyl groups is 2. The summed E-state index contributed by atoms with van der Waals surface area (Å²) in [7, 11) is 1.51. The maximum Gasteiger partial charge on any atom is 0.157 e. The Bertz CT molecular complexity index is 989. The summed E-state index contributed by atoms with van der Waals surface area (Å²) in [6.45, 7) is 4.22. The molecule has 0 radical (unpaired) electrons. The van der Waals surface area contributed by atoms with Crippen LogP contribution in [0.1, 0.15) is 46.8 Å². The van der Waals surface area contributed by atoms with Crippen LogP contribution in [0.2, 0.25) is 0 Å². The number of rotatable bonds is 3. The molecule has 0 spiro atoms. The Hall–Kier alpha value is -3.15. The molecule has 0 aromatic heterocycles. The van der Waals surface area contributed by atoms with Crippen LogP contribution >= 0.6 is 0 Å². The second kappa shape index (κ2) is 6.48. The van der Waals surface area contributed by atoms with Crippen molar-refractivity contribution in [2.24, 2.45) is 0 Å². The molecule has 28 heavy (non-hydrogen) atoms. The fraction of sp³-hybridized carbons (Fsp3) is 0.318. The van der Waals surface area contributed by atoms with Crippen LogP contribution in [0.4, 0.5) is 0 Å². The van der Waals surface area contributed by atoms with Gasteiger partial charge in [0.15, 0.2) is 6.29 Å². The van der Waals surface area contributed by atoms with Gasteiger partial charge in [-0.15, -0.1) is 0 Å². The first-order chi connectivity index (χ1) is 13.3. The third-order valence-corrected chi connectivity index (χ3v) is 5.24. The number of methoxy groups -OCH3 is 1. The second-order valence-electron chi connectivity index (χ2n) is 7.60. The number of aldehydes is 1. The molecule has 2 aromatic carbocycles. The van der Waals surface area contributed by atoms with Gasteiger partial charge in [-0.05, 0) is 38.5 Å². The largest absolute Gasteiger partial charge is 0.507 e. The van der Waals surface area contributed by atoms with Gasteiger partial charge in [0.05, 0.1) is 24.8 Å². The van der Waals surface area contributed by atoms with Crippen molar-refractivity contribution in [2.45, 2.75) is 31.8 Å². The van der Waals surface area contributed by atoms with E-state index in [1.165, 1.54) is 13.2 Å². The molecule has 2 heterocycles. The van der Waals surface area contributed by atoms with Gasteiger partial charge in [-0.2, -0.15) is 0 Å². The molecule has 0 aliphatic carbocycles. The van der Waals surface area contributed by atoms with Crippen molar-refractivity contribution in [3.63, 3.8) is 0 Å². The van der Waals surface area contributed by atoms with Gasteiger partial charge in [-0.1, -0.05) is 6.07 Å². The van der Waals surface area contributed by atoms with Crippen molar-refractivity contribution < 1.29 is 29.2 Å². The van der Waals surface area contributed by atoms with Crippen molar-refractivity contribution in [1.82, 2.24) is 0 Å². The number of ether oxygens (including phenoxy) is 3. The van der Waals surface area contributed by atoms with Gasteiger partial charge in [-0.3, -0.25) is 4.79 Å². The standard InChI is InChI=1S/C22H22O6/c1-22(2)7-6-14-17(24)5-4-13(21(14)28-22)12-8-15-19(26-3)9-18(25)16(10-23)20(15)27-11-12/h4-7,9-10,12,24-25H,8,11H2,1-3H3/t12-/m1/s1. The number of phenols is 2. The van der Waals surface area contributed by atoms with E-state index < -0.39 is 5.60 Å². The third-order valence-electron chi connectivity index (χ3n) is 5.24. The van der Waals surface area contributed by atoms with Crippen LogP contribution in [0.5, 0.6) is 28.7 Å². The van der Waals surface area contributed by atoms with Crippen molar-refractivity contribution in [2.75, 3.05) is 13.7 Å². The molecule has 6 nitrogen and oxygen atoms in total. The Morgan fingerprint density at radius 2 is 2.00 bits per heavy atom. The number of phenolic OH excluding ortho intramolecular Hbond substituents is 2. The molecule has 2 aromatic rings. The Labute approximate surface area is 163 Å². The molecule has 0 saturated heterocycles. The Kier molecular flexibility index (Phi) is 4.22. The summed E-state index contributed by atoms with van der Waals surface area (Å²) in [5.41, 5.74) is 1.93. The Morgan fingerprint density at radius 1 is 1.21 bits per heavy atom. The lowest BCUT2D eigenvalue weighted by Gasteiger charge is -2.33. The van der Waals surface area contributed by atoms with Crippen LogP contribution in [0.25, 0.3) is 6.08 Å². The molecule has 6 heteroatoms. The van der Waals surface area contributed by atoms with Gasteiger partial charge in [0, 0.05) is 23.1 Å². The fourth-order valence-electron chi connectivity index (χ4n) is 3.81. The maximum atomic E-state index is 11.4. The van der Waals surface area contributed by atoms with E-state index in [2.05, 4.69) is 0 Å². The van der Waals surface area contributed by atoms with Crippen LogP contribution in [-0.4, -0.2) is 35.8 Å². The minimum atomic E-state index is -0.489. The van der Waals surface area contributed by atoms with Crippen molar-refractivity contribution in [1.29, 1.82) is 0 Å². The third kappa shape index (κ3) is 2.85. The summed E-state index contributed by atoms with van der Waals surface area (Å²) in [4.78, 5) is 11.4.